The summed E-state index contributed by atoms with van der Waals surface area (Å²) >= 11 is 6.29. The van der Waals surface area contributed by atoms with Crippen molar-refractivity contribution >= 4 is 28.4 Å². The van der Waals surface area contributed by atoms with Crippen molar-refractivity contribution in [1.82, 2.24) is 10.3 Å². The van der Waals surface area contributed by atoms with Crippen molar-refractivity contribution in [2.75, 3.05) is 19.8 Å². The second-order valence-corrected chi connectivity index (χ2v) is 6.02. The van der Waals surface area contributed by atoms with Gasteiger partial charge in [-0.15, -0.1) is 0 Å². The van der Waals surface area contributed by atoms with Gasteiger partial charge >= 0.3 is 0 Å². The summed E-state index contributed by atoms with van der Waals surface area (Å²) in [5, 5.41) is 4.36. The van der Waals surface area contributed by atoms with E-state index >= 15 is 0 Å². The highest BCUT2D eigenvalue weighted by Gasteiger charge is 2.17. The zero-order valence-corrected chi connectivity index (χ0v) is 13.2. The van der Waals surface area contributed by atoms with E-state index in [1.165, 1.54) is 6.92 Å². The molecule has 0 saturated carbocycles. The molecule has 5 nitrogen and oxygen atoms in total. The van der Waals surface area contributed by atoms with E-state index in [2.05, 4.69) is 10.3 Å². The van der Waals surface area contributed by atoms with Crippen LogP contribution in [-0.2, 0) is 16.1 Å². The molecule has 2 heterocycles. The first-order valence-electron chi connectivity index (χ1n) is 7.38. The van der Waals surface area contributed by atoms with E-state index in [1.54, 1.807) is 0 Å². The van der Waals surface area contributed by atoms with Crippen LogP contribution < -0.4 is 10.1 Å². The molecule has 118 valence electrons. The number of rotatable bonds is 5. The quantitative estimate of drug-likeness (QED) is 0.889. The summed E-state index contributed by atoms with van der Waals surface area (Å²) < 4.78 is 11.2. The maximum atomic E-state index is 11.0. The molecule has 0 bridgehead atoms. The molecule has 1 amide bonds. The lowest BCUT2D eigenvalue weighted by Gasteiger charge is -2.11. The van der Waals surface area contributed by atoms with Gasteiger partial charge in [-0.3, -0.25) is 4.79 Å². The molecular formula is C16H19ClN2O3. The average molecular weight is 323 g/mol. The summed E-state index contributed by atoms with van der Waals surface area (Å²) in [5.74, 6) is 1.05. The lowest BCUT2D eigenvalue weighted by atomic mass is 10.1. The largest absolute Gasteiger partial charge is 0.492 e. The minimum Gasteiger partial charge on any atom is -0.492 e. The predicted molar refractivity (Wildman–Crippen MR) is 85.3 cm³/mol. The highest BCUT2D eigenvalue weighted by Crippen LogP contribution is 2.31. The molecule has 2 aromatic rings. The number of amides is 1. The van der Waals surface area contributed by atoms with Gasteiger partial charge in [0, 0.05) is 42.1 Å². The molecule has 22 heavy (non-hydrogen) atoms. The second-order valence-electron chi connectivity index (χ2n) is 5.61. The fourth-order valence-corrected chi connectivity index (χ4v) is 2.77. The molecule has 1 aromatic carbocycles. The molecule has 0 radical (unpaired) electrons. The van der Waals surface area contributed by atoms with E-state index in [-0.39, 0.29) is 5.91 Å². The number of ether oxygens (including phenoxy) is 2. The fraction of sp³-hybridized carbons (Fsp3) is 0.438. The van der Waals surface area contributed by atoms with Crippen LogP contribution >= 0.6 is 11.6 Å². The average Bonchev–Trinajstić information content (AvgIpc) is 3.11. The zero-order valence-electron chi connectivity index (χ0n) is 12.4. The van der Waals surface area contributed by atoms with Gasteiger partial charge in [0.05, 0.1) is 24.8 Å². The number of aromatic amines is 1. The Balaban J connectivity index is 1.73. The Morgan fingerprint density at radius 3 is 3.09 bits per heavy atom. The Morgan fingerprint density at radius 2 is 2.36 bits per heavy atom. The fourth-order valence-electron chi connectivity index (χ4n) is 2.54. The first-order chi connectivity index (χ1) is 10.6. The van der Waals surface area contributed by atoms with Crippen LogP contribution in [0.15, 0.2) is 18.2 Å². The third-order valence-electron chi connectivity index (χ3n) is 3.76. The second kappa shape index (κ2) is 6.58. The van der Waals surface area contributed by atoms with Gasteiger partial charge in [0.1, 0.15) is 5.75 Å². The third kappa shape index (κ3) is 3.54. The Hall–Kier alpha value is -1.72. The van der Waals surface area contributed by atoms with Crippen molar-refractivity contribution in [2.45, 2.75) is 19.9 Å². The lowest BCUT2D eigenvalue weighted by molar-refractivity contribution is -0.119. The van der Waals surface area contributed by atoms with E-state index in [9.17, 15) is 4.79 Å². The monoisotopic (exact) mass is 322 g/mol. The van der Waals surface area contributed by atoms with Gasteiger partial charge < -0.3 is 19.8 Å². The molecule has 3 rings (SSSR count). The van der Waals surface area contributed by atoms with Crippen LogP contribution in [0.4, 0.5) is 0 Å². The van der Waals surface area contributed by atoms with Crippen molar-refractivity contribution < 1.29 is 14.3 Å². The van der Waals surface area contributed by atoms with Gasteiger partial charge in [-0.2, -0.15) is 0 Å². The van der Waals surface area contributed by atoms with Crippen LogP contribution in [0.1, 0.15) is 19.0 Å². The summed E-state index contributed by atoms with van der Waals surface area (Å²) in [4.78, 5) is 14.2. The molecule has 1 unspecified atom stereocenters. The number of aromatic nitrogens is 1. The summed E-state index contributed by atoms with van der Waals surface area (Å²) in [5.41, 5.74) is 1.88. The molecule has 1 aromatic heterocycles. The Morgan fingerprint density at radius 1 is 1.50 bits per heavy atom. The molecule has 2 N–H and O–H groups in total. The van der Waals surface area contributed by atoms with Crippen molar-refractivity contribution in [1.29, 1.82) is 0 Å². The minimum absolute atomic E-state index is 0.0560. The summed E-state index contributed by atoms with van der Waals surface area (Å²) in [6.45, 7) is 4.15. The van der Waals surface area contributed by atoms with E-state index in [0.29, 0.717) is 29.8 Å². The third-order valence-corrected chi connectivity index (χ3v) is 4.05. The van der Waals surface area contributed by atoms with Gasteiger partial charge in [-0.1, -0.05) is 11.6 Å². The van der Waals surface area contributed by atoms with Crippen molar-refractivity contribution in [2.24, 2.45) is 5.92 Å². The Labute approximate surface area is 133 Å². The number of benzene rings is 1. The summed E-state index contributed by atoms with van der Waals surface area (Å²) in [7, 11) is 0. The first kappa shape index (κ1) is 15.2. The van der Waals surface area contributed by atoms with E-state index in [1.807, 2.05) is 18.2 Å². The smallest absolute Gasteiger partial charge is 0.217 e. The standard InChI is InChI=1S/C16H19ClN2O3/c1-10(20)18-7-13-4-12-5-14(17)16(6-15(12)19-13)22-9-11-2-3-21-8-11/h4-6,11,19H,2-3,7-9H2,1H3,(H,18,20). The molecule has 0 spiro atoms. The van der Waals surface area contributed by atoms with Gasteiger partial charge in [-0.05, 0) is 18.6 Å². The number of H-pyrrole nitrogens is 1. The number of carbonyl (C=O) groups is 1. The Kier molecular flexibility index (Phi) is 4.55. The number of nitrogens with one attached hydrogen (secondary N) is 2. The highest BCUT2D eigenvalue weighted by atomic mass is 35.5. The highest BCUT2D eigenvalue weighted by molar-refractivity contribution is 6.32. The SMILES string of the molecule is CC(=O)NCc1cc2cc(Cl)c(OCC3CCOC3)cc2[nH]1. The molecule has 1 atom stereocenters. The molecule has 1 saturated heterocycles. The van der Waals surface area contributed by atoms with Gasteiger partial charge in [0.2, 0.25) is 5.91 Å². The molecule has 0 aliphatic carbocycles. The predicted octanol–water partition coefficient (Wildman–Crippen LogP) is 2.87. The lowest BCUT2D eigenvalue weighted by Crippen LogP contribution is -2.18. The van der Waals surface area contributed by atoms with Crippen LogP contribution in [0, 0.1) is 5.92 Å². The van der Waals surface area contributed by atoms with Crippen molar-refractivity contribution in [3.8, 4) is 5.75 Å². The molecule has 1 aliphatic rings. The maximum absolute atomic E-state index is 11.0. The number of halogens is 1. The summed E-state index contributed by atoms with van der Waals surface area (Å²) in [6.07, 6.45) is 1.03. The topological polar surface area (TPSA) is 63.4 Å². The molecule has 1 aliphatic heterocycles. The van der Waals surface area contributed by atoms with Crippen LogP contribution in [0.2, 0.25) is 5.02 Å². The van der Waals surface area contributed by atoms with E-state index in [0.717, 1.165) is 36.2 Å². The van der Waals surface area contributed by atoms with Crippen molar-refractivity contribution in [3.63, 3.8) is 0 Å². The summed E-state index contributed by atoms with van der Waals surface area (Å²) in [6, 6.07) is 5.77. The normalized spacial score (nSPS) is 17.8. The van der Waals surface area contributed by atoms with Gasteiger partial charge in [0.25, 0.3) is 0 Å². The van der Waals surface area contributed by atoms with Gasteiger partial charge in [0.15, 0.2) is 0 Å². The minimum atomic E-state index is -0.0560. The maximum Gasteiger partial charge on any atom is 0.217 e. The van der Waals surface area contributed by atoms with Crippen LogP contribution in [0.3, 0.4) is 0 Å². The van der Waals surface area contributed by atoms with E-state index in [4.69, 9.17) is 21.1 Å². The van der Waals surface area contributed by atoms with Crippen LogP contribution in [0.25, 0.3) is 10.9 Å². The van der Waals surface area contributed by atoms with E-state index < -0.39 is 0 Å². The zero-order chi connectivity index (χ0) is 15.5. The molecule has 1 fully saturated rings. The number of carbonyl (C=O) groups excluding carboxylic acids is 1. The van der Waals surface area contributed by atoms with Crippen LogP contribution in [-0.4, -0.2) is 30.7 Å². The molecule has 6 heteroatoms. The first-order valence-corrected chi connectivity index (χ1v) is 7.76. The van der Waals surface area contributed by atoms with Crippen LogP contribution in [0.5, 0.6) is 5.75 Å². The van der Waals surface area contributed by atoms with Crippen molar-refractivity contribution in [3.05, 3.63) is 28.9 Å². The number of fused-ring (bicyclic) bond motifs is 1. The number of hydrogen-bond donors (Lipinski definition) is 2. The Bertz CT molecular complexity index is 677. The molecular weight excluding hydrogens is 304 g/mol. The number of hydrogen-bond acceptors (Lipinski definition) is 3. The van der Waals surface area contributed by atoms with Gasteiger partial charge in [-0.25, -0.2) is 0 Å².